The topological polar surface area (TPSA) is 60.5 Å². The molecule has 0 fully saturated rings. The Hall–Kier alpha value is -3.48. The monoisotopic (exact) mass is 412 g/mol. The Kier molecular flexibility index (Phi) is 6.95. The maximum Gasteiger partial charge on any atom is 0.251 e. The SMILES string of the molecule is CCOc1cc(C(=O)NC(C)c2ccc(F)c(F)c2)ccc1OCc1cccnc1. The lowest BCUT2D eigenvalue weighted by Gasteiger charge is -2.16. The number of nitrogens with one attached hydrogen (secondary N) is 1. The third-order valence-corrected chi connectivity index (χ3v) is 4.41. The van der Waals surface area contributed by atoms with Gasteiger partial charge in [-0.25, -0.2) is 8.78 Å². The van der Waals surface area contributed by atoms with E-state index in [0.717, 1.165) is 17.7 Å². The zero-order chi connectivity index (χ0) is 21.5. The number of nitrogens with zero attached hydrogens (tertiary/aromatic N) is 1. The van der Waals surface area contributed by atoms with Gasteiger partial charge in [0.2, 0.25) is 0 Å². The van der Waals surface area contributed by atoms with Crippen LogP contribution in [-0.4, -0.2) is 17.5 Å². The van der Waals surface area contributed by atoms with E-state index >= 15 is 0 Å². The first-order chi connectivity index (χ1) is 14.5. The van der Waals surface area contributed by atoms with Crippen molar-refractivity contribution in [2.24, 2.45) is 0 Å². The molecule has 1 amide bonds. The van der Waals surface area contributed by atoms with Crippen molar-refractivity contribution in [3.05, 3.63) is 89.2 Å². The summed E-state index contributed by atoms with van der Waals surface area (Å²) in [5, 5.41) is 2.77. The molecule has 0 radical (unpaired) electrons. The van der Waals surface area contributed by atoms with Crippen LogP contribution in [0, 0.1) is 11.6 Å². The molecule has 0 aliphatic rings. The number of hydrogen-bond donors (Lipinski definition) is 1. The van der Waals surface area contributed by atoms with Crippen LogP contribution < -0.4 is 14.8 Å². The second-order valence-corrected chi connectivity index (χ2v) is 6.61. The average molecular weight is 412 g/mol. The van der Waals surface area contributed by atoms with Crippen molar-refractivity contribution >= 4 is 5.91 Å². The summed E-state index contributed by atoms with van der Waals surface area (Å²) in [4.78, 5) is 16.7. The summed E-state index contributed by atoms with van der Waals surface area (Å²) in [6, 6.07) is 11.6. The summed E-state index contributed by atoms with van der Waals surface area (Å²) in [6.45, 7) is 4.24. The van der Waals surface area contributed by atoms with Crippen molar-refractivity contribution in [1.29, 1.82) is 0 Å². The molecular formula is C23H22F2N2O3. The Bertz CT molecular complexity index is 1010. The maximum absolute atomic E-state index is 13.5. The van der Waals surface area contributed by atoms with Crippen LogP contribution in [0.1, 0.15) is 41.4 Å². The van der Waals surface area contributed by atoms with Crippen molar-refractivity contribution in [2.45, 2.75) is 26.5 Å². The highest BCUT2D eigenvalue weighted by Gasteiger charge is 2.16. The molecule has 0 saturated carbocycles. The summed E-state index contributed by atoms with van der Waals surface area (Å²) >= 11 is 0. The van der Waals surface area contributed by atoms with E-state index in [1.165, 1.54) is 6.07 Å². The van der Waals surface area contributed by atoms with Gasteiger partial charge in [-0.05, 0) is 55.8 Å². The lowest BCUT2D eigenvalue weighted by atomic mass is 10.1. The van der Waals surface area contributed by atoms with Crippen LogP contribution in [0.25, 0.3) is 0 Å². The smallest absolute Gasteiger partial charge is 0.251 e. The zero-order valence-electron chi connectivity index (χ0n) is 16.7. The molecule has 0 aliphatic carbocycles. The summed E-state index contributed by atoms with van der Waals surface area (Å²) in [6.07, 6.45) is 3.39. The van der Waals surface area contributed by atoms with Gasteiger partial charge in [-0.1, -0.05) is 12.1 Å². The number of carbonyl (C=O) groups is 1. The van der Waals surface area contributed by atoms with Gasteiger partial charge in [0.25, 0.3) is 5.91 Å². The molecule has 2 aromatic carbocycles. The molecule has 156 valence electrons. The number of ether oxygens (including phenoxy) is 2. The van der Waals surface area contributed by atoms with E-state index in [9.17, 15) is 13.6 Å². The van der Waals surface area contributed by atoms with Gasteiger partial charge in [0.1, 0.15) is 6.61 Å². The second-order valence-electron chi connectivity index (χ2n) is 6.61. The van der Waals surface area contributed by atoms with E-state index in [0.29, 0.717) is 35.8 Å². The number of aromatic nitrogens is 1. The quantitative estimate of drug-likeness (QED) is 0.576. The van der Waals surface area contributed by atoms with E-state index in [-0.39, 0.29) is 5.91 Å². The molecule has 1 atom stereocenters. The van der Waals surface area contributed by atoms with Gasteiger partial charge in [-0.3, -0.25) is 9.78 Å². The number of carbonyl (C=O) groups excluding carboxylic acids is 1. The Labute approximate surface area is 173 Å². The Morgan fingerprint density at radius 1 is 1.07 bits per heavy atom. The standard InChI is InChI=1S/C23H22F2N2O3/c1-3-29-22-12-18(7-9-21(22)30-14-16-5-4-10-26-13-16)23(28)27-15(2)17-6-8-19(24)20(25)11-17/h4-13,15H,3,14H2,1-2H3,(H,27,28). The largest absolute Gasteiger partial charge is 0.490 e. The van der Waals surface area contributed by atoms with Crippen LogP contribution in [0.3, 0.4) is 0 Å². The first kappa shape index (κ1) is 21.2. The highest BCUT2D eigenvalue weighted by atomic mass is 19.2. The molecule has 30 heavy (non-hydrogen) atoms. The molecule has 1 unspecified atom stereocenters. The summed E-state index contributed by atoms with van der Waals surface area (Å²) in [7, 11) is 0. The Morgan fingerprint density at radius 2 is 1.90 bits per heavy atom. The number of rotatable bonds is 8. The van der Waals surface area contributed by atoms with Gasteiger partial charge in [0.05, 0.1) is 12.6 Å². The summed E-state index contributed by atoms with van der Waals surface area (Å²) < 4.78 is 38.0. The average Bonchev–Trinajstić information content (AvgIpc) is 2.75. The third kappa shape index (κ3) is 5.31. The molecule has 0 aliphatic heterocycles. The van der Waals surface area contributed by atoms with Crippen LogP contribution in [0.2, 0.25) is 0 Å². The number of halogens is 2. The van der Waals surface area contributed by atoms with E-state index in [1.807, 2.05) is 19.1 Å². The summed E-state index contributed by atoms with van der Waals surface area (Å²) in [5.41, 5.74) is 1.73. The lowest BCUT2D eigenvalue weighted by Crippen LogP contribution is -2.26. The van der Waals surface area contributed by atoms with Crippen LogP contribution in [0.5, 0.6) is 11.5 Å². The molecule has 3 rings (SSSR count). The van der Waals surface area contributed by atoms with Gasteiger partial charge < -0.3 is 14.8 Å². The fourth-order valence-electron chi connectivity index (χ4n) is 2.83. The summed E-state index contributed by atoms with van der Waals surface area (Å²) in [5.74, 6) is -1.31. The lowest BCUT2D eigenvalue weighted by molar-refractivity contribution is 0.0939. The van der Waals surface area contributed by atoms with Gasteiger partial charge in [-0.2, -0.15) is 0 Å². The van der Waals surface area contributed by atoms with E-state index in [4.69, 9.17) is 9.47 Å². The molecule has 3 aromatic rings. The predicted octanol–water partition coefficient (Wildman–Crippen LogP) is 4.83. The van der Waals surface area contributed by atoms with E-state index in [2.05, 4.69) is 10.3 Å². The van der Waals surface area contributed by atoms with Crippen LogP contribution in [0.15, 0.2) is 60.9 Å². The van der Waals surface area contributed by atoms with E-state index < -0.39 is 17.7 Å². The minimum Gasteiger partial charge on any atom is -0.490 e. The van der Waals surface area contributed by atoms with E-state index in [1.54, 1.807) is 37.5 Å². The molecular weight excluding hydrogens is 390 g/mol. The first-order valence-corrected chi connectivity index (χ1v) is 9.52. The van der Waals surface area contributed by atoms with Crippen molar-refractivity contribution in [3.63, 3.8) is 0 Å². The number of pyridine rings is 1. The fraction of sp³-hybridized carbons (Fsp3) is 0.217. The van der Waals surface area contributed by atoms with Crippen molar-refractivity contribution < 1.29 is 23.0 Å². The van der Waals surface area contributed by atoms with Crippen molar-refractivity contribution in [3.8, 4) is 11.5 Å². The van der Waals surface area contributed by atoms with Crippen molar-refractivity contribution in [1.82, 2.24) is 10.3 Å². The van der Waals surface area contributed by atoms with Gasteiger partial charge in [-0.15, -0.1) is 0 Å². The van der Waals surface area contributed by atoms with Gasteiger partial charge in [0, 0.05) is 23.5 Å². The first-order valence-electron chi connectivity index (χ1n) is 9.52. The molecule has 1 heterocycles. The molecule has 0 spiro atoms. The van der Waals surface area contributed by atoms with Crippen LogP contribution in [0.4, 0.5) is 8.78 Å². The third-order valence-electron chi connectivity index (χ3n) is 4.41. The minimum absolute atomic E-state index is 0.312. The predicted molar refractivity (Wildman–Crippen MR) is 108 cm³/mol. The number of amides is 1. The zero-order valence-corrected chi connectivity index (χ0v) is 16.7. The fourth-order valence-corrected chi connectivity index (χ4v) is 2.83. The number of benzene rings is 2. The Morgan fingerprint density at radius 3 is 2.60 bits per heavy atom. The highest BCUT2D eigenvalue weighted by molar-refractivity contribution is 5.95. The Balaban J connectivity index is 1.72. The molecule has 1 N–H and O–H groups in total. The van der Waals surface area contributed by atoms with Crippen LogP contribution in [-0.2, 0) is 6.61 Å². The molecule has 0 bridgehead atoms. The van der Waals surface area contributed by atoms with Crippen molar-refractivity contribution in [2.75, 3.05) is 6.61 Å². The normalized spacial score (nSPS) is 11.6. The highest BCUT2D eigenvalue weighted by Crippen LogP contribution is 2.29. The molecule has 7 heteroatoms. The maximum atomic E-state index is 13.5. The number of hydrogen-bond acceptors (Lipinski definition) is 4. The minimum atomic E-state index is -0.956. The van der Waals surface area contributed by atoms with Crippen LogP contribution >= 0.6 is 0 Å². The van der Waals surface area contributed by atoms with Gasteiger partial charge >= 0.3 is 0 Å². The molecule has 1 aromatic heterocycles. The second kappa shape index (κ2) is 9.82. The van der Waals surface area contributed by atoms with Gasteiger partial charge in [0.15, 0.2) is 23.1 Å². The molecule has 0 saturated heterocycles. The molecule has 5 nitrogen and oxygen atoms in total.